The molecule has 1 aliphatic rings. The maximum Gasteiger partial charge on any atom is 0.251 e. The van der Waals surface area contributed by atoms with Crippen molar-refractivity contribution in [1.82, 2.24) is 5.32 Å². The van der Waals surface area contributed by atoms with Gasteiger partial charge in [0, 0.05) is 30.9 Å². The lowest BCUT2D eigenvalue weighted by Gasteiger charge is -2.18. The average molecular weight is 310 g/mol. The van der Waals surface area contributed by atoms with Crippen LogP contribution in [0.3, 0.4) is 0 Å². The number of fused-ring (bicyclic) bond motifs is 1. The third kappa shape index (κ3) is 3.31. The van der Waals surface area contributed by atoms with E-state index < -0.39 is 0 Å². The number of methoxy groups -OCH3 is 1. The highest BCUT2D eigenvalue weighted by Gasteiger charge is 2.20. The van der Waals surface area contributed by atoms with E-state index in [1.165, 1.54) is 11.1 Å². The zero-order valence-electron chi connectivity index (χ0n) is 13.6. The van der Waals surface area contributed by atoms with Crippen LogP contribution >= 0.6 is 0 Å². The molecule has 3 rings (SSSR count). The molecule has 0 aliphatic carbocycles. The highest BCUT2D eigenvalue weighted by Crippen LogP contribution is 2.30. The molecular formula is C19H22N2O2. The van der Waals surface area contributed by atoms with Crippen molar-refractivity contribution in [3.05, 3.63) is 59.2 Å². The summed E-state index contributed by atoms with van der Waals surface area (Å²) < 4.78 is 5.29. The number of hydrogen-bond donors (Lipinski definition) is 1. The molecule has 0 fully saturated rings. The molecule has 1 amide bonds. The van der Waals surface area contributed by atoms with Crippen molar-refractivity contribution in [2.75, 3.05) is 18.6 Å². The van der Waals surface area contributed by atoms with Crippen LogP contribution in [0.1, 0.15) is 34.8 Å². The third-order valence-corrected chi connectivity index (χ3v) is 4.17. The monoisotopic (exact) mass is 310 g/mol. The Kier molecular flexibility index (Phi) is 4.51. The molecule has 4 nitrogen and oxygen atoms in total. The van der Waals surface area contributed by atoms with Crippen LogP contribution in [0, 0.1) is 0 Å². The highest BCUT2D eigenvalue weighted by molar-refractivity contribution is 5.94. The van der Waals surface area contributed by atoms with Gasteiger partial charge >= 0.3 is 0 Å². The molecule has 0 bridgehead atoms. The van der Waals surface area contributed by atoms with Gasteiger partial charge in [-0.1, -0.05) is 13.0 Å². The number of benzene rings is 2. The second-order valence-corrected chi connectivity index (χ2v) is 5.79. The predicted molar refractivity (Wildman–Crippen MR) is 91.9 cm³/mol. The first-order chi connectivity index (χ1) is 11.2. The third-order valence-electron chi connectivity index (χ3n) is 4.17. The number of amides is 1. The molecule has 23 heavy (non-hydrogen) atoms. The van der Waals surface area contributed by atoms with Crippen LogP contribution in [0.4, 0.5) is 5.69 Å². The SMILES string of the molecule is CCCNC(=O)c1ccc(N2Cc3ccc(OC)cc3C2)cc1. The molecular weight excluding hydrogens is 288 g/mol. The van der Waals surface area contributed by atoms with Gasteiger partial charge in [0.2, 0.25) is 0 Å². The van der Waals surface area contributed by atoms with Gasteiger partial charge in [0.05, 0.1) is 7.11 Å². The summed E-state index contributed by atoms with van der Waals surface area (Å²) in [5.74, 6) is 0.890. The molecule has 0 saturated heterocycles. The molecule has 0 atom stereocenters. The Morgan fingerprint density at radius 1 is 1.13 bits per heavy atom. The summed E-state index contributed by atoms with van der Waals surface area (Å²) in [5, 5.41) is 2.90. The lowest BCUT2D eigenvalue weighted by molar-refractivity contribution is 0.0953. The zero-order valence-corrected chi connectivity index (χ0v) is 13.6. The van der Waals surface area contributed by atoms with Crippen LogP contribution in [0.15, 0.2) is 42.5 Å². The Balaban J connectivity index is 1.70. The number of nitrogens with zero attached hydrogens (tertiary/aromatic N) is 1. The number of carbonyl (C=O) groups is 1. The molecule has 2 aromatic rings. The fourth-order valence-corrected chi connectivity index (χ4v) is 2.84. The van der Waals surface area contributed by atoms with Crippen LogP contribution in [0.2, 0.25) is 0 Å². The smallest absolute Gasteiger partial charge is 0.251 e. The number of ether oxygens (including phenoxy) is 1. The van der Waals surface area contributed by atoms with E-state index in [4.69, 9.17) is 4.74 Å². The minimum absolute atomic E-state index is 0.00663. The minimum Gasteiger partial charge on any atom is -0.497 e. The lowest BCUT2D eigenvalue weighted by Crippen LogP contribution is -2.24. The van der Waals surface area contributed by atoms with Gasteiger partial charge in [-0.15, -0.1) is 0 Å². The van der Waals surface area contributed by atoms with Crippen molar-refractivity contribution in [3.8, 4) is 5.75 Å². The van der Waals surface area contributed by atoms with E-state index in [2.05, 4.69) is 22.3 Å². The van der Waals surface area contributed by atoms with Crippen molar-refractivity contribution in [1.29, 1.82) is 0 Å². The Bertz CT molecular complexity index is 695. The highest BCUT2D eigenvalue weighted by atomic mass is 16.5. The second kappa shape index (κ2) is 6.73. The van der Waals surface area contributed by atoms with Gasteiger partial charge in [-0.25, -0.2) is 0 Å². The Labute approximate surface area is 137 Å². The van der Waals surface area contributed by atoms with Crippen molar-refractivity contribution < 1.29 is 9.53 Å². The largest absolute Gasteiger partial charge is 0.497 e. The van der Waals surface area contributed by atoms with Gasteiger partial charge in [-0.3, -0.25) is 4.79 Å². The summed E-state index contributed by atoms with van der Waals surface area (Å²) in [7, 11) is 1.69. The summed E-state index contributed by atoms with van der Waals surface area (Å²) in [5.41, 5.74) is 4.47. The van der Waals surface area contributed by atoms with Crippen LogP contribution < -0.4 is 15.0 Å². The molecule has 1 aliphatic heterocycles. The number of anilines is 1. The topological polar surface area (TPSA) is 41.6 Å². The minimum atomic E-state index is -0.00663. The maximum atomic E-state index is 11.9. The van der Waals surface area contributed by atoms with E-state index in [1.54, 1.807) is 7.11 Å². The van der Waals surface area contributed by atoms with Gasteiger partial charge in [-0.2, -0.15) is 0 Å². The van der Waals surface area contributed by atoms with E-state index in [-0.39, 0.29) is 5.91 Å². The van der Waals surface area contributed by atoms with Gasteiger partial charge in [0.1, 0.15) is 5.75 Å². The first-order valence-corrected chi connectivity index (χ1v) is 8.00. The molecule has 2 aromatic carbocycles. The summed E-state index contributed by atoms with van der Waals surface area (Å²) in [6.07, 6.45) is 0.944. The summed E-state index contributed by atoms with van der Waals surface area (Å²) in [6.45, 7) is 4.52. The molecule has 1 N–H and O–H groups in total. The predicted octanol–water partition coefficient (Wildman–Crippen LogP) is 3.36. The Hall–Kier alpha value is -2.49. The van der Waals surface area contributed by atoms with Gasteiger partial charge < -0.3 is 15.0 Å². The standard InChI is InChI=1S/C19H22N2O2/c1-3-10-20-19(22)14-4-7-17(8-5-14)21-12-15-6-9-18(23-2)11-16(15)13-21/h4-9,11H,3,10,12-13H2,1-2H3,(H,20,22). The molecule has 4 heteroatoms. The van der Waals surface area contributed by atoms with Gasteiger partial charge in [0.25, 0.3) is 5.91 Å². The number of hydrogen-bond acceptors (Lipinski definition) is 3. The van der Waals surface area contributed by atoms with Gasteiger partial charge in [-0.05, 0) is 53.9 Å². The Morgan fingerprint density at radius 3 is 2.57 bits per heavy atom. The van der Waals surface area contributed by atoms with E-state index in [1.807, 2.05) is 37.3 Å². The summed E-state index contributed by atoms with van der Waals surface area (Å²) in [4.78, 5) is 14.3. The number of nitrogens with one attached hydrogen (secondary N) is 1. The van der Waals surface area contributed by atoms with E-state index in [0.29, 0.717) is 12.1 Å². The fourth-order valence-electron chi connectivity index (χ4n) is 2.84. The summed E-state index contributed by atoms with van der Waals surface area (Å²) >= 11 is 0. The molecule has 0 aromatic heterocycles. The molecule has 0 saturated carbocycles. The van der Waals surface area contributed by atoms with Crippen molar-refractivity contribution in [3.63, 3.8) is 0 Å². The molecule has 0 radical (unpaired) electrons. The first kappa shape index (κ1) is 15.4. The van der Waals surface area contributed by atoms with Crippen LogP contribution in [0.25, 0.3) is 0 Å². The van der Waals surface area contributed by atoms with E-state index >= 15 is 0 Å². The number of rotatable bonds is 5. The Morgan fingerprint density at radius 2 is 1.87 bits per heavy atom. The zero-order chi connectivity index (χ0) is 16.2. The quantitative estimate of drug-likeness (QED) is 0.921. The van der Waals surface area contributed by atoms with Crippen LogP contribution in [-0.4, -0.2) is 19.6 Å². The first-order valence-electron chi connectivity index (χ1n) is 8.00. The average Bonchev–Trinajstić information content (AvgIpc) is 3.02. The van der Waals surface area contributed by atoms with Crippen molar-refractivity contribution >= 4 is 11.6 Å². The summed E-state index contributed by atoms with van der Waals surface area (Å²) in [6, 6.07) is 14.0. The van der Waals surface area contributed by atoms with Crippen molar-refractivity contribution in [2.45, 2.75) is 26.4 Å². The number of carbonyl (C=O) groups excluding carboxylic acids is 1. The molecule has 1 heterocycles. The molecule has 0 spiro atoms. The maximum absolute atomic E-state index is 11.9. The fraction of sp³-hybridized carbons (Fsp3) is 0.316. The van der Waals surface area contributed by atoms with Crippen molar-refractivity contribution in [2.24, 2.45) is 0 Å². The van der Waals surface area contributed by atoms with E-state index in [0.717, 1.165) is 30.9 Å². The second-order valence-electron chi connectivity index (χ2n) is 5.79. The molecule has 120 valence electrons. The van der Waals surface area contributed by atoms with Crippen LogP contribution in [-0.2, 0) is 13.1 Å². The lowest BCUT2D eigenvalue weighted by atomic mass is 10.1. The normalized spacial score (nSPS) is 12.9. The van der Waals surface area contributed by atoms with Crippen LogP contribution in [0.5, 0.6) is 5.75 Å². The van der Waals surface area contributed by atoms with E-state index in [9.17, 15) is 4.79 Å². The molecule has 0 unspecified atom stereocenters. The van der Waals surface area contributed by atoms with Gasteiger partial charge in [0.15, 0.2) is 0 Å².